The Labute approximate surface area is 80.3 Å². The van der Waals surface area contributed by atoms with Crippen LogP contribution in [0.4, 0.5) is 0 Å². The number of aromatic nitrogens is 1. The quantitative estimate of drug-likeness (QED) is 0.746. The molecule has 0 saturated heterocycles. The Balaban J connectivity index is 2.53. The number of hydrogen-bond acceptors (Lipinski definition) is 1. The van der Waals surface area contributed by atoms with Gasteiger partial charge < -0.3 is 9.88 Å². The summed E-state index contributed by atoms with van der Waals surface area (Å²) in [5.74, 6) is 0. The number of aryl methyl sites for hydroxylation is 1. The van der Waals surface area contributed by atoms with E-state index in [1.807, 2.05) is 0 Å². The van der Waals surface area contributed by atoms with Crippen LogP contribution in [0.1, 0.15) is 19.5 Å². The van der Waals surface area contributed by atoms with Crippen LogP contribution in [0.5, 0.6) is 0 Å². The zero-order valence-corrected chi connectivity index (χ0v) is 8.62. The first-order valence-corrected chi connectivity index (χ1v) is 4.77. The molecule has 13 heavy (non-hydrogen) atoms. The van der Waals surface area contributed by atoms with E-state index in [1.165, 1.54) is 5.69 Å². The van der Waals surface area contributed by atoms with Crippen molar-refractivity contribution in [2.24, 2.45) is 7.05 Å². The van der Waals surface area contributed by atoms with Crippen molar-refractivity contribution in [3.63, 3.8) is 0 Å². The van der Waals surface area contributed by atoms with E-state index in [0.717, 1.165) is 6.54 Å². The largest absolute Gasteiger partial charge is 0.351 e. The molecule has 2 heteroatoms. The first-order chi connectivity index (χ1) is 6.24. The van der Waals surface area contributed by atoms with Gasteiger partial charge in [0.15, 0.2) is 0 Å². The van der Waals surface area contributed by atoms with Crippen LogP contribution in [-0.2, 0) is 7.05 Å². The molecule has 0 radical (unpaired) electrons. The van der Waals surface area contributed by atoms with Crippen molar-refractivity contribution >= 4 is 6.08 Å². The summed E-state index contributed by atoms with van der Waals surface area (Å²) < 4.78 is 2.11. The molecule has 0 bridgehead atoms. The molecule has 1 N–H and O–H groups in total. The number of nitrogens with one attached hydrogen (secondary N) is 1. The molecular formula is C11H18N2. The smallest absolute Gasteiger partial charge is 0.0401 e. The van der Waals surface area contributed by atoms with Crippen LogP contribution in [0.25, 0.3) is 6.08 Å². The molecule has 0 aliphatic rings. The molecule has 1 aromatic rings. The second-order valence-corrected chi connectivity index (χ2v) is 3.25. The first kappa shape index (κ1) is 10.1. The monoisotopic (exact) mass is 178 g/mol. The van der Waals surface area contributed by atoms with Gasteiger partial charge in [-0.2, -0.15) is 0 Å². The Morgan fingerprint density at radius 3 is 2.92 bits per heavy atom. The van der Waals surface area contributed by atoms with Gasteiger partial charge in [0.2, 0.25) is 0 Å². The van der Waals surface area contributed by atoms with Gasteiger partial charge in [-0.1, -0.05) is 13.0 Å². The standard InChI is InChI=1S/C11H18N2/c1-4-12-10(2)7-8-11-6-5-9-13(11)3/h5-10,12H,4H2,1-3H3/b8-7+. The predicted molar refractivity (Wildman–Crippen MR) is 57.6 cm³/mol. The van der Waals surface area contributed by atoms with Gasteiger partial charge in [-0.25, -0.2) is 0 Å². The van der Waals surface area contributed by atoms with Crippen LogP contribution in [0.2, 0.25) is 0 Å². The molecule has 0 fully saturated rings. The first-order valence-electron chi connectivity index (χ1n) is 4.77. The van der Waals surface area contributed by atoms with E-state index in [2.05, 4.69) is 61.3 Å². The van der Waals surface area contributed by atoms with Crippen LogP contribution >= 0.6 is 0 Å². The van der Waals surface area contributed by atoms with Gasteiger partial charge in [0, 0.05) is 25.0 Å². The highest BCUT2D eigenvalue weighted by atomic mass is 14.9. The highest BCUT2D eigenvalue weighted by Crippen LogP contribution is 2.02. The number of hydrogen-bond donors (Lipinski definition) is 1. The predicted octanol–water partition coefficient (Wildman–Crippen LogP) is 2.04. The van der Waals surface area contributed by atoms with E-state index in [0.29, 0.717) is 6.04 Å². The fraction of sp³-hybridized carbons (Fsp3) is 0.455. The molecule has 1 heterocycles. The van der Waals surface area contributed by atoms with Crippen molar-refractivity contribution < 1.29 is 0 Å². The molecule has 0 aliphatic carbocycles. The van der Waals surface area contributed by atoms with Crippen molar-refractivity contribution in [2.75, 3.05) is 6.54 Å². The van der Waals surface area contributed by atoms with Crippen LogP contribution in [-0.4, -0.2) is 17.2 Å². The summed E-state index contributed by atoms with van der Waals surface area (Å²) >= 11 is 0. The third kappa shape index (κ3) is 3.07. The van der Waals surface area contributed by atoms with Gasteiger partial charge in [0.25, 0.3) is 0 Å². The van der Waals surface area contributed by atoms with E-state index < -0.39 is 0 Å². The normalized spacial score (nSPS) is 13.8. The van der Waals surface area contributed by atoms with Gasteiger partial charge >= 0.3 is 0 Å². The van der Waals surface area contributed by atoms with Gasteiger partial charge in [-0.05, 0) is 31.7 Å². The second-order valence-electron chi connectivity index (χ2n) is 3.25. The zero-order chi connectivity index (χ0) is 9.68. The maximum absolute atomic E-state index is 3.33. The van der Waals surface area contributed by atoms with Crippen molar-refractivity contribution in [1.29, 1.82) is 0 Å². The topological polar surface area (TPSA) is 17.0 Å². The highest BCUT2D eigenvalue weighted by Gasteiger charge is 1.94. The molecule has 0 spiro atoms. The summed E-state index contributed by atoms with van der Waals surface area (Å²) in [5.41, 5.74) is 1.24. The maximum Gasteiger partial charge on any atom is 0.0401 e. The van der Waals surface area contributed by atoms with Crippen molar-refractivity contribution in [3.05, 3.63) is 30.1 Å². The number of likely N-dealkylation sites (N-methyl/N-ethyl adjacent to an activating group) is 1. The van der Waals surface area contributed by atoms with Gasteiger partial charge in [0.05, 0.1) is 0 Å². The molecule has 1 rings (SSSR count). The lowest BCUT2D eigenvalue weighted by atomic mass is 10.2. The van der Waals surface area contributed by atoms with Gasteiger partial charge in [-0.3, -0.25) is 0 Å². The number of rotatable bonds is 4. The minimum atomic E-state index is 0.444. The molecule has 0 aliphatic heterocycles. The van der Waals surface area contributed by atoms with Gasteiger partial charge in [-0.15, -0.1) is 0 Å². The molecule has 0 aromatic carbocycles. The Bertz CT molecular complexity index is 273. The molecule has 1 atom stereocenters. The summed E-state index contributed by atoms with van der Waals surface area (Å²) in [6.07, 6.45) is 6.38. The summed E-state index contributed by atoms with van der Waals surface area (Å²) in [6.45, 7) is 5.29. The van der Waals surface area contributed by atoms with Crippen LogP contribution in [0.3, 0.4) is 0 Å². The molecule has 2 nitrogen and oxygen atoms in total. The third-order valence-electron chi connectivity index (χ3n) is 2.07. The molecule has 0 saturated carbocycles. The lowest BCUT2D eigenvalue weighted by molar-refractivity contribution is 0.662. The Hall–Kier alpha value is -1.02. The fourth-order valence-electron chi connectivity index (χ4n) is 1.28. The fourth-order valence-corrected chi connectivity index (χ4v) is 1.28. The maximum atomic E-state index is 3.33. The van der Waals surface area contributed by atoms with Crippen LogP contribution in [0.15, 0.2) is 24.4 Å². The Morgan fingerprint density at radius 1 is 1.62 bits per heavy atom. The lowest BCUT2D eigenvalue weighted by Gasteiger charge is -2.05. The SMILES string of the molecule is CCNC(C)/C=C/c1cccn1C. The summed E-state index contributed by atoms with van der Waals surface area (Å²) in [4.78, 5) is 0. The minimum absolute atomic E-state index is 0.444. The van der Waals surface area contributed by atoms with E-state index in [9.17, 15) is 0 Å². The number of nitrogens with zero attached hydrogens (tertiary/aromatic N) is 1. The summed E-state index contributed by atoms with van der Waals surface area (Å²) in [5, 5.41) is 3.33. The molecule has 1 aromatic heterocycles. The lowest BCUT2D eigenvalue weighted by Crippen LogP contribution is -2.22. The van der Waals surface area contributed by atoms with Crippen LogP contribution < -0.4 is 5.32 Å². The van der Waals surface area contributed by atoms with E-state index >= 15 is 0 Å². The molecular weight excluding hydrogens is 160 g/mol. The zero-order valence-electron chi connectivity index (χ0n) is 8.62. The second kappa shape index (κ2) is 4.87. The molecule has 1 unspecified atom stereocenters. The third-order valence-corrected chi connectivity index (χ3v) is 2.07. The summed E-state index contributed by atoms with van der Waals surface area (Å²) in [6, 6.07) is 4.60. The molecule has 0 amide bonds. The highest BCUT2D eigenvalue weighted by molar-refractivity contribution is 5.46. The van der Waals surface area contributed by atoms with Crippen molar-refractivity contribution in [1.82, 2.24) is 9.88 Å². The molecule has 72 valence electrons. The van der Waals surface area contributed by atoms with E-state index in [-0.39, 0.29) is 0 Å². The van der Waals surface area contributed by atoms with Gasteiger partial charge in [0.1, 0.15) is 0 Å². The average Bonchev–Trinajstić information content (AvgIpc) is 2.48. The Morgan fingerprint density at radius 2 is 2.38 bits per heavy atom. The van der Waals surface area contributed by atoms with E-state index in [4.69, 9.17) is 0 Å². The summed E-state index contributed by atoms with van der Waals surface area (Å²) in [7, 11) is 2.05. The van der Waals surface area contributed by atoms with Crippen LogP contribution in [0, 0.1) is 0 Å². The Kier molecular flexibility index (Phi) is 3.77. The van der Waals surface area contributed by atoms with Crippen molar-refractivity contribution in [3.8, 4) is 0 Å². The van der Waals surface area contributed by atoms with E-state index in [1.54, 1.807) is 0 Å². The van der Waals surface area contributed by atoms with Crippen molar-refractivity contribution in [2.45, 2.75) is 19.9 Å². The minimum Gasteiger partial charge on any atom is -0.351 e. The average molecular weight is 178 g/mol.